The zero-order valence-electron chi connectivity index (χ0n) is 12.5. The van der Waals surface area contributed by atoms with Crippen molar-refractivity contribution in [1.29, 1.82) is 0 Å². The van der Waals surface area contributed by atoms with Gasteiger partial charge in [-0.05, 0) is 25.5 Å². The van der Waals surface area contributed by atoms with E-state index in [2.05, 4.69) is 10.3 Å². The molecule has 1 aromatic rings. The van der Waals surface area contributed by atoms with Gasteiger partial charge in [-0.25, -0.2) is 0 Å². The Morgan fingerprint density at radius 3 is 2.81 bits per heavy atom. The molecule has 2 amide bonds. The third kappa shape index (κ3) is 4.01. The Balaban J connectivity index is 2.09. The van der Waals surface area contributed by atoms with Crippen molar-refractivity contribution in [3.8, 4) is 0 Å². The predicted octanol–water partition coefficient (Wildman–Crippen LogP) is 1.08. The number of amides is 2. The van der Waals surface area contributed by atoms with Crippen molar-refractivity contribution in [2.75, 3.05) is 26.3 Å². The van der Waals surface area contributed by atoms with Crippen LogP contribution in [0.5, 0.6) is 0 Å². The highest BCUT2D eigenvalue weighted by Gasteiger charge is 2.20. The van der Waals surface area contributed by atoms with Crippen LogP contribution < -0.4 is 5.32 Å². The van der Waals surface area contributed by atoms with Gasteiger partial charge in [-0.3, -0.25) is 14.6 Å². The summed E-state index contributed by atoms with van der Waals surface area (Å²) in [6, 6.07) is 3.27. The maximum absolute atomic E-state index is 12.3. The minimum atomic E-state index is -0.178. The number of carbonyl (C=O) groups is 2. The molecule has 21 heavy (non-hydrogen) atoms. The summed E-state index contributed by atoms with van der Waals surface area (Å²) in [4.78, 5) is 30.2. The summed E-state index contributed by atoms with van der Waals surface area (Å²) in [5.41, 5.74) is 0.760. The number of carbonyl (C=O) groups excluding carboxylic acids is 2. The molecule has 2 heterocycles. The lowest BCUT2D eigenvalue weighted by Gasteiger charge is -2.26. The molecule has 0 spiro atoms. The molecule has 0 aromatic carbocycles. The van der Waals surface area contributed by atoms with Gasteiger partial charge in [-0.15, -0.1) is 0 Å². The van der Waals surface area contributed by atoms with Gasteiger partial charge in [0.25, 0.3) is 11.8 Å². The number of rotatable bonds is 4. The molecule has 1 unspecified atom stereocenters. The Morgan fingerprint density at radius 2 is 2.14 bits per heavy atom. The summed E-state index contributed by atoms with van der Waals surface area (Å²) in [6.45, 7) is 6.15. The summed E-state index contributed by atoms with van der Waals surface area (Å²) >= 11 is 0. The van der Waals surface area contributed by atoms with Crippen LogP contribution in [0.1, 0.15) is 41.1 Å². The second kappa shape index (κ2) is 7.17. The summed E-state index contributed by atoms with van der Waals surface area (Å²) in [6.07, 6.45) is 2.36. The zero-order valence-corrected chi connectivity index (χ0v) is 12.5. The zero-order chi connectivity index (χ0) is 15.2. The van der Waals surface area contributed by atoms with Crippen LogP contribution in [0.15, 0.2) is 18.3 Å². The number of ether oxygens (including phenoxy) is 1. The molecule has 0 radical (unpaired) electrons. The van der Waals surface area contributed by atoms with Crippen molar-refractivity contribution in [2.24, 2.45) is 0 Å². The lowest BCUT2D eigenvalue weighted by atomic mass is 10.1. The molecule has 1 aromatic heterocycles. The largest absolute Gasteiger partial charge is 0.378 e. The first-order valence-electron chi connectivity index (χ1n) is 7.25. The molecule has 6 nitrogen and oxygen atoms in total. The van der Waals surface area contributed by atoms with Crippen molar-refractivity contribution < 1.29 is 14.3 Å². The molecule has 1 fully saturated rings. The van der Waals surface area contributed by atoms with Gasteiger partial charge in [0.05, 0.1) is 13.2 Å². The van der Waals surface area contributed by atoms with Crippen LogP contribution in [-0.4, -0.2) is 54.0 Å². The lowest BCUT2D eigenvalue weighted by molar-refractivity contribution is 0.0299. The second-order valence-corrected chi connectivity index (χ2v) is 5.12. The maximum atomic E-state index is 12.3. The van der Waals surface area contributed by atoms with E-state index in [1.54, 1.807) is 17.0 Å². The number of hydrogen-bond donors (Lipinski definition) is 1. The third-order valence-electron chi connectivity index (χ3n) is 3.53. The van der Waals surface area contributed by atoms with Crippen LogP contribution in [0.3, 0.4) is 0 Å². The monoisotopic (exact) mass is 291 g/mol. The normalized spacial score (nSPS) is 16.4. The second-order valence-electron chi connectivity index (χ2n) is 5.12. The molecule has 1 N–H and O–H groups in total. The smallest absolute Gasteiger partial charge is 0.272 e. The van der Waals surface area contributed by atoms with Crippen molar-refractivity contribution in [1.82, 2.24) is 15.2 Å². The molecule has 0 bridgehead atoms. The Hall–Kier alpha value is -1.95. The minimum Gasteiger partial charge on any atom is -0.378 e. The van der Waals surface area contributed by atoms with Gasteiger partial charge in [-0.2, -0.15) is 0 Å². The molecule has 2 rings (SSSR count). The van der Waals surface area contributed by atoms with E-state index in [-0.39, 0.29) is 17.9 Å². The number of aromatic nitrogens is 1. The van der Waals surface area contributed by atoms with Gasteiger partial charge < -0.3 is 15.0 Å². The highest BCUT2D eigenvalue weighted by molar-refractivity contribution is 5.98. The summed E-state index contributed by atoms with van der Waals surface area (Å²) in [7, 11) is 0. The molecule has 0 saturated carbocycles. The first-order valence-corrected chi connectivity index (χ1v) is 7.25. The fourth-order valence-electron chi connectivity index (χ4n) is 2.03. The van der Waals surface area contributed by atoms with E-state index in [1.165, 1.54) is 6.20 Å². The third-order valence-corrected chi connectivity index (χ3v) is 3.53. The van der Waals surface area contributed by atoms with E-state index < -0.39 is 0 Å². The highest BCUT2D eigenvalue weighted by Crippen LogP contribution is 2.08. The summed E-state index contributed by atoms with van der Waals surface area (Å²) in [5.74, 6) is -0.334. The predicted molar refractivity (Wildman–Crippen MR) is 78.2 cm³/mol. The summed E-state index contributed by atoms with van der Waals surface area (Å²) < 4.78 is 5.23. The van der Waals surface area contributed by atoms with Crippen LogP contribution in [-0.2, 0) is 4.74 Å². The van der Waals surface area contributed by atoms with E-state index in [1.807, 2.05) is 13.8 Å². The number of pyridine rings is 1. The van der Waals surface area contributed by atoms with Crippen LogP contribution in [0, 0.1) is 0 Å². The number of nitrogens with one attached hydrogen (secondary N) is 1. The van der Waals surface area contributed by atoms with Gasteiger partial charge in [0.15, 0.2) is 0 Å². The van der Waals surface area contributed by atoms with Crippen molar-refractivity contribution in [2.45, 2.75) is 26.3 Å². The van der Waals surface area contributed by atoms with E-state index in [4.69, 9.17) is 4.74 Å². The van der Waals surface area contributed by atoms with Gasteiger partial charge in [-0.1, -0.05) is 6.92 Å². The first-order chi connectivity index (χ1) is 10.1. The standard InChI is InChI=1S/C15H21N3O3/c1-3-11(2)17-14(19)12-4-5-16-13(10-12)15(20)18-6-8-21-9-7-18/h4-5,10-11H,3,6-9H2,1-2H3,(H,17,19). The molecule has 1 saturated heterocycles. The van der Waals surface area contributed by atoms with Crippen molar-refractivity contribution >= 4 is 11.8 Å². The molecule has 1 atom stereocenters. The van der Waals surface area contributed by atoms with Gasteiger partial charge in [0, 0.05) is 30.9 Å². The van der Waals surface area contributed by atoms with Gasteiger partial charge >= 0.3 is 0 Å². The Bertz CT molecular complexity index is 513. The Morgan fingerprint density at radius 1 is 1.43 bits per heavy atom. The number of nitrogens with zero attached hydrogens (tertiary/aromatic N) is 2. The Labute approximate surface area is 124 Å². The molecular weight excluding hydrogens is 270 g/mol. The maximum Gasteiger partial charge on any atom is 0.272 e. The fourth-order valence-corrected chi connectivity index (χ4v) is 2.03. The molecule has 0 aliphatic carbocycles. The molecule has 1 aliphatic rings. The molecule has 6 heteroatoms. The fraction of sp³-hybridized carbons (Fsp3) is 0.533. The summed E-state index contributed by atoms with van der Waals surface area (Å²) in [5, 5.41) is 2.88. The molecule has 114 valence electrons. The van der Waals surface area contributed by atoms with Crippen molar-refractivity contribution in [3.63, 3.8) is 0 Å². The van der Waals surface area contributed by atoms with Gasteiger partial charge in [0.1, 0.15) is 5.69 Å². The van der Waals surface area contributed by atoms with Crippen molar-refractivity contribution in [3.05, 3.63) is 29.6 Å². The van der Waals surface area contributed by atoms with Crippen LogP contribution >= 0.6 is 0 Å². The SMILES string of the molecule is CCC(C)NC(=O)c1ccnc(C(=O)N2CCOCC2)c1. The van der Waals surface area contributed by atoms with E-state index in [0.29, 0.717) is 37.6 Å². The number of morpholine rings is 1. The van der Waals surface area contributed by atoms with E-state index in [9.17, 15) is 9.59 Å². The van der Waals surface area contributed by atoms with E-state index in [0.717, 1.165) is 6.42 Å². The molecular formula is C15H21N3O3. The van der Waals surface area contributed by atoms with E-state index >= 15 is 0 Å². The lowest BCUT2D eigenvalue weighted by Crippen LogP contribution is -2.41. The average Bonchev–Trinajstić information content (AvgIpc) is 2.55. The first kappa shape index (κ1) is 15.4. The minimum absolute atomic E-state index is 0.101. The molecule has 1 aliphatic heterocycles. The highest BCUT2D eigenvalue weighted by atomic mass is 16.5. The van der Waals surface area contributed by atoms with Gasteiger partial charge in [0.2, 0.25) is 0 Å². The van der Waals surface area contributed by atoms with Crippen LogP contribution in [0.4, 0.5) is 0 Å². The average molecular weight is 291 g/mol. The Kier molecular flexibility index (Phi) is 5.27. The van der Waals surface area contributed by atoms with Crippen LogP contribution in [0.2, 0.25) is 0 Å². The number of hydrogen-bond acceptors (Lipinski definition) is 4. The quantitative estimate of drug-likeness (QED) is 0.901. The topological polar surface area (TPSA) is 71.5 Å². The van der Waals surface area contributed by atoms with Crippen LogP contribution in [0.25, 0.3) is 0 Å².